The number of carbonyl (C=O) groups is 1. The van der Waals surface area contributed by atoms with Crippen LogP contribution in [-0.4, -0.2) is 24.7 Å². The van der Waals surface area contributed by atoms with E-state index >= 15 is 0 Å². The third kappa shape index (κ3) is 4.07. The molecule has 0 amide bonds. The van der Waals surface area contributed by atoms with Gasteiger partial charge in [0.15, 0.2) is 15.1 Å². The van der Waals surface area contributed by atoms with Gasteiger partial charge in [-0.05, 0) is 23.0 Å². The molecule has 0 aromatic heterocycles. The van der Waals surface area contributed by atoms with Crippen LogP contribution in [0.3, 0.4) is 0 Å². The van der Waals surface area contributed by atoms with Gasteiger partial charge >= 0.3 is 5.97 Å². The molecule has 5 heteroatoms. The van der Waals surface area contributed by atoms with Crippen molar-refractivity contribution in [2.75, 3.05) is 0 Å². The average Bonchev–Trinajstić information content (AvgIpc) is 2.26. The largest absolute Gasteiger partial charge is 0.480 e. The number of sulfone groups is 1. The van der Waals surface area contributed by atoms with E-state index in [1.807, 2.05) is 12.1 Å². The topological polar surface area (TPSA) is 71.4 Å². The maximum absolute atomic E-state index is 12.2. The van der Waals surface area contributed by atoms with Gasteiger partial charge in [0, 0.05) is 0 Å². The Balaban J connectivity index is 2.98. The quantitative estimate of drug-likeness (QED) is 0.876. The Morgan fingerprint density at radius 3 is 1.95 bits per heavy atom. The molecule has 0 aliphatic rings. The molecule has 0 bridgehead atoms. The molecule has 0 radical (unpaired) electrons. The van der Waals surface area contributed by atoms with Crippen molar-refractivity contribution >= 4 is 15.8 Å². The van der Waals surface area contributed by atoms with Crippen LogP contribution in [0.5, 0.6) is 0 Å². The van der Waals surface area contributed by atoms with Crippen LogP contribution in [-0.2, 0) is 20.4 Å². The zero-order valence-electron chi connectivity index (χ0n) is 12.3. The van der Waals surface area contributed by atoms with Crippen LogP contribution in [0.2, 0.25) is 0 Å². The number of carboxylic acid groups (broad SMARTS) is 1. The Labute approximate surface area is 120 Å². The second kappa shape index (κ2) is 6.39. The smallest absolute Gasteiger partial charge is 0.322 e. The fourth-order valence-corrected chi connectivity index (χ4v) is 4.15. The van der Waals surface area contributed by atoms with Crippen LogP contribution in [0.4, 0.5) is 0 Å². The maximum atomic E-state index is 12.2. The van der Waals surface area contributed by atoms with Crippen LogP contribution in [0.25, 0.3) is 0 Å². The van der Waals surface area contributed by atoms with E-state index in [1.165, 1.54) is 0 Å². The molecule has 0 spiro atoms. The molecule has 0 fully saturated rings. The van der Waals surface area contributed by atoms with Crippen LogP contribution in [0, 0.1) is 5.92 Å². The first-order valence-electron chi connectivity index (χ1n) is 6.68. The zero-order valence-corrected chi connectivity index (χ0v) is 13.1. The van der Waals surface area contributed by atoms with Gasteiger partial charge < -0.3 is 5.11 Å². The minimum absolute atomic E-state index is 0.236. The molecule has 0 saturated carbocycles. The van der Waals surface area contributed by atoms with E-state index in [0.717, 1.165) is 5.56 Å². The fourth-order valence-electron chi connectivity index (χ4n) is 2.17. The summed E-state index contributed by atoms with van der Waals surface area (Å²) in [6.45, 7) is 7.34. The molecule has 1 unspecified atom stereocenters. The van der Waals surface area contributed by atoms with E-state index in [1.54, 1.807) is 26.0 Å². The molecule has 20 heavy (non-hydrogen) atoms. The zero-order chi connectivity index (χ0) is 15.5. The molecule has 4 nitrogen and oxygen atoms in total. The normalized spacial score (nSPS) is 13.7. The average molecular weight is 298 g/mol. The molecule has 1 aromatic rings. The number of rotatable bonds is 6. The molecule has 1 N–H and O–H groups in total. The lowest BCUT2D eigenvalue weighted by atomic mass is 10.0. The molecule has 112 valence electrons. The Bertz CT molecular complexity index is 556. The summed E-state index contributed by atoms with van der Waals surface area (Å²) in [5.74, 6) is -1.59. The highest BCUT2D eigenvalue weighted by Crippen LogP contribution is 2.20. The molecule has 0 saturated heterocycles. The summed E-state index contributed by atoms with van der Waals surface area (Å²) in [4.78, 5) is 11.1. The summed E-state index contributed by atoms with van der Waals surface area (Å²) < 4.78 is 24.4. The lowest BCUT2D eigenvalue weighted by molar-refractivity contribution is -0.137. The number of hydrogen-bond donors (Lipinski definition) is 1. The second-order valence-corrected chi connectivity index (χ2v) is 7.83. The number of aliphatic carboxylic acids is 1. The van der Waals surface area contributed by atoms with Crippen molar-refractivity contribution in [1.82, 2.24) is 0 Å². The van der Waals surface area contributed by atoms with Gasteiger partial charge in [-0.15, -0.1) is 0 Å². The van der Waals surface area contributed by atoms with E-state index in [2.05, 4.69) is 13.8 Å². The fraction of sp³-hybridized carbons (Fsp3) is 0.533. The van der Waals surface area contributed by atoms with Crippen molar-refractivity contribution in [3.05, 3.63) is 35.4 Å². The first kappa shape index (κ1) is 16.7. The van der Waals surface area contributed by atoms with Gasteiger partial charge in [-0.1, -0.05) is 52.0 Å². The van der Waals surface area contributed by atoms with Crippen molar-refractivity contribution in [1.29, 1.82) is 0 Å². The molecule has 1 rings (SSSR count). The Morgan fingerprint density at radius 2 is 1.60 bits per heavy atom. The standard InChI is InChI=1S/C15H22O4S/c1-10(2)13-7-5-12(6-8-13)9-20(18,19)14(11(3)4)15(16)17/h5-8,10-11,14H,9H2,1-4H3,(H,16,17). The van der Waals surface area contributed by atoms with Gasteiger partial charge in [-0.25, -0.2) is 8.42 Å². The monoisotopic (exact) mass is 298 g/mol. The number of carboxylic acids is 1. The maximum Gasteiger partial charge on any atom is 0.322 e. The highest BCUT2D eigenvalue weighted by Gasteiger charge is 2.35. The predicted molar refractivity (Wildman–Crippen MR) is 79.4 cm³/mol. The number of hydrogen-bond acceptors (Lipinski definition) is 3. The van der Waals surface area contributed by atoms with Crippen LogP contribution < -0.4 is 0 Å². The van der Waals surface area contributed by atoms with E-state index < -0.39 is 27.0 Å². The minimum Gasteiger partial charge on any atom is -0.480 e. The molecule has 1 atom stereocenters. The van der Waals surface area contributed by atoms with Crippen molar-refractivity contribution in [3.63, 3.8) is 0 Å². The Kier molecular flexibility index (Phi) is 5.34. The van der Waals surface area contributed by atoms with Crippen molar-refractivity contribution in [2.45, 2.75) is 44.6 Å². The summed E-state index contributed by atoms with van der Waals surface area (Å²) in [6.07, 6.45) is 0. The molecule has 1 aromatic carbocycles. The SMILES string of the molecule is CC(C)c1ccc(CS(=O)(=O)C(C(=O)O)C(C)C)cc1. The lowest BCUT2D eigenvalue weighted by Gasteiger charge is -2.17. The van der Waals surface area contributed by atoms with Gasteiger partial charge in [0.25, 0.3) is 0 Å². The second-order valence-electron chi connectivity index (χ2n) is 5.71. The van der Waals surface area contributed by atoms with Gasteiger partial charge in [0.1, 0.15) is 0 Å². The van der Waals surface area contributed by atoms with Crippen LogP contribution in [0.15, 0.2) is 24.3 Å². The Hall–Kier alpha value is -1.36. The van der Waals surface area contributed by atoms with Gasteiger partial charge in [-0.2, -0.15) is 0 Å². The molecule has 0 aliphatic heterocycles. The summed E-state index contributed by atoms with van der Waals surface area (Å²) in [6, 6.07) is 7.29. The number of benzene rings is 1. The van der Waals surface area contributed by atoms with Crippen molar-refractivity contribution < 1.29 is 18.3 Å². The van der Waals surface area contributed by atoms with Crippen LogP contribution in [0.1, 0.15) is 44.7 Å². The Morgan fingerprint density at radius 1 is 1.10 bits per heavy atom. The first-order chi connectivity index (χ1) is 9.15. The van der Waals surface area contributed by atoms with Gasteiger partial charge in [-0.3, -0.25) is 4.79 Å². The third-order valence-corrected chi connectivity index (χ3v) is 5.51. The molecule has 0 heterocycles. The third-order valence-electron chi connectivity index (χ3n) is 3.25. The predicted octanol–water partition coefficient (Wildman–Crippen LogP) is 2.83. The minimum atomic E-state index is -3.71. The van der Waals surface area contributed by atoms with E-state index in [4.69, 9.17) is 5.11 Å². The first-order valence-corrected chi connectivity index (χ1v) is 8.40. The summed E-state index contributed by atoms with van der Waals surface area (Å²) in [5.41, 5.74) is 1.76. The molecular formula is C15H22O4S. The molecular weight excluding hydrogens is 276 g/mol. The highest BCUT2D eigenvalue weighted by molar-refractivity contribution is 7.92. The summed E-state index contributed by atoms with van der Waals surface area (Å²) in [5, 5.41) is 7.74. The van der Waals surface area contributed by atoms with E-state index in [0.29, 0.717) is 11.5 Å². The summed E-state index contributed by atoms with van der Waals surface area (Å²) in [7, 11) is -3.71. The van der Waals surface area contributed by atoms with Crippen molar-refractivity contribution in [3.8, 4) is 0 Å². The van der Waals surface area contributed by atoms with Crippen LogP contribution >= 0.6 is 0 Å². The van der Waals surface area contributed by atoms with Gasteiger partial charge in [0.05, 0.1) is 5.75 Å². The van der Waals surface area contributed by atoms with Crippen molar-refractivity contribution in [2.24, 2.45) is 5.92 Å². The van der Waals surface area contributed by atoms with E-state index in [9.17, 15) is 13.2 Å². The lowest BCUT2D eigenvalue weighted by Crippen LogP contribution is -2.35. The van der Waals surface area contributed by atoms with E-state index in [-0.39, 0.29) is 5.75 Å². The van der Waals surface area contributed by atoms with Gasteiger partial charge in [0.2, 0.25) is 0 Å². The molecule has 0 aliphatic carbocycles. The highest BCUT2D eigenvalue weighted by atomic mass is 32.2. The summed E-state index contributed by atoms with van der Waals surface area (Å²) >= 11 is 0.